The second-order valence-corrected chi connectivity index (χ2v) is 4.94. The van der Waals surface area contributed by atoms with E-state index in [0.29, 0.717) is 11.6 Å². The van der Waals surface area contributed by atoms with Crippen LogP contribution in [0, 0.1) is 6.92 Å². The molecule has 0 amide bonds. The number of methoxy groups -OCH3 is 1. The second-order valence-electron chi connectivity index (χ2n) is 4.10. The number of esters is 1. The second kappa shape index (κ2) is 7.62. The van der Waals surface area contributed by atoms with Crippen LogP contribution in [0.4, 0.5) is 0 Å². The van der Waals surface area contributed by atoms with Crippen molar-refractivity contribution in [1.82, 2.24) is 4.90 Å². The van der Waals surface area contributed by atoms with E-state index in [1.54, 1.807) is 6.07 Å². The van der Waals surface area contributed by atoms with Gasteiger partial charge in [-0.15, -0.1) is 0 Å². The van der Waals surface area contributed by atoms with Crippen LogP contribution in [-0.2, 0) is 9.53 Å². The molecule has 1 saturated heterocycles. The molecule has 0 saturated carbocycles. The smallest absolute Gasteiger partial charge is 0.319 e. The minimum atomic E-state index is -0.130. The molecular weight excluding hydrogens is 273 g/mol. The van der Waals surface area contributed by atoms with Crippen molar-refractivity contribution in [2.24, 2.45) is 0 Å². The molecule has 0 bridgehead atoms. The molecule has 0 spiro atoms. The highest BCUT2D eigenvalue weighted by Crippen LogP contribution is 2.19. The molecular formula is C13H17Cl2NO2. The van der Waals surface area contributed by atoms with Crippen LogP contribution < -0.4 is 0 Å². The molecule has 0 unspecified atom stereocenters. The van der Waals surface area contributed by atoms with Gasteiger partial charge >= 0.3 is 5.97 Å². The van der Waals surface area contributed by atoms with Crippen molar-refractivity contribution in [1.29, 1.82) is 0 Å². The van der Waals surface area contributed by atoms with Gasteiger partial charge in [-0.05, 0) is 44.1 Å². The Morgan fingerprint density at radius 1 is 1.39 bits per heavy atom. The first-order valence-corrected chi connectivity index (χ1v) is 6.49. The van der Waals surface area contributed by atoms with E-state index in [4.69, 9.17) is 23.2 Å². The zero-order chi connectivity index (χ0) is 13.5. The van der Waals surface area contributed by atoms with Crippen molar-refractivity contribution in [2.75, 3.05) is 26.7 Å². The molecule has 1 aliphatic rings. The fraction of sp³-hybridized carbons (Fsp3) is 0.462. The summed E-state index contributed by atoms with van der Waals surface area (Å²) in [4.78, 5) is 12.6. The lowest BCUT2D eigenvalue weighted by atomic mass is 10.2. The fourth-order valence-corrected chi connectivity index (χ4v) is 1.76. The van der Waals surface area contributed by atoms with Gasteiger partial charge in [0.05, 0.1) is 13.7 Å². The van der Waals surface area contributed by atoms with E-state index >= 15 is 0 Å². The Morgan fingerprint density at radius 3 is 2.44 bits per heavy atom. The number of carbonyl (C=O) groups excluding carboxylic acids is 1. The lowest BCUT2D eigenvalue weighted by Gasteiger charge is -2.28. The standard InChI is InChI=1S/C7H6Cl2.C6H11NO2/c1-5-2-3-6(8)4-7(5)9;1-9-6(8)5-7-3-2-4-7/h2-4H,1H3;2-5H2,1H3. The van der Waals surface area contributed by atoms with Gasteiger partial charge in [0.2, 0.25) is 0 Å². The van der Waals surface area contributed by atoms with Crippen molar-refractivity contribution in [2.45, 2.75) is 13.3 Å². The average molecular weight is 290 g/mol. The molecule has 1 aromatic rings. The SMILES string of the molecule is COC(=O)CN1CCC1.Cc1ccc(Cl)cc1Cl. The molecule has 1 heterocycles. The topological polar surface area (TPSA) is 29.5 Å². The summed E-state index contributed by atoms with van der Waals surface area (Å²) in [5.74, 6) is -0.130. The van der Waals surface area contributed by atoms with E-state index in [2.05, 4.69) is 9.64 Å². The highest BCUT2D eigenvalue weighted by molar-refractivity contribution is 6.35. The average Bonchev–Trinajstić information content (AvgIpc) is 2.29. The number of halogens is 2. The number of ether oxygens (including phenoxy) is 1. The van der Waals surface area contributed by atoms with Gasteiger partial charge in [0.15, 0.2) is 0 Å². The van der Waals surface area contributed by atoms with Crippen LogP contribution >= 0.6 is 23.2 Å². The third-order valence-corrected chi connectivity index (χ3v) is 3.31. The summed E-state index contributed by atoms with van der Waals surface area (Å²) in [7, 11) is 1.42. The van der Waals surface area contributed by atoms with Crippen LogP contribution in [0.2, 0.25) is 10.0 Å². The van der Waals surface area contributed by atoms with Gasteiger partial charge in [-0.25, -0.2) is 0 Å². The molecule has 1 aromatic carbocycles. The van der Waals surface area contributed by atoms with E-state index in [1.807, 2.05) is 19.1 Å². The summed E-state index contributed by atoms with van der Waals surface area (Å²) in [6.45, 7) is 4.51. The minimum Gasteiger partial charge on any atom is -0.468 e. The van der Waals surface area contributed by atoms with Crippen molar-refractivity contribution < 1.29 is 9.53 Å². The third kappa shape index (κ3) is 5.25. The van der Waals surface area contributed by atoms with Crippen molar-refractivity contribution in [3.63, 3.8) is 0 Å². The lowest BCUT2D eigenvalue weighted by molar-refractivity contribution is -0.142. The van der Waals surface area contributed by atoms with Crippen molar-refractivity contribution >= 4 is 29.2 Å². The van der Waals surface area contributed by atoms with E-state index in [0.717, 1.165) is 23.7 Å². The van der Waals surface area contributed by atoms with Gasteiger partial charge in [0, 0.05) is 10.0 Å². The first-order valence-electron chi connectivity index (χ1n) is 5.73. The van der Waals surface area contributed by atoms with Crippen molar-refractivity contribution in [3.8, 4) is 0 Å². The van der Waals surface area contributed by atoms with Crippen LogP contribution in [-0.4, -0.2) is 37.6 Å². The largest absolute Gasteiger partial charge is 0.468 e. The molecule has 18 heavy (non-hydrogen) atoms. The molecule has 1 fully saturated rings. The predicted octanol–water partition coefficient (Wildman–Crippen LogP) is 3.17. The summed E-state index contributed by atoms with van der Waals surface area (Å²) in [5, 5.41) is 1.41. The first-order chi connectivity index (χ1) is 8.52. The Kier molecular flexibility index (Phi) is 6.47. The summed E-state index contributed by atoms with van der Waals surface area (Å²) < 4.78 is 4.48. The summed E-state index contributed by atoms with van der Waals surface area (Å²) in [6.07, 6.45) is 1.22. The Balaban J connectivity index is 0.000000180. The molecule has 5 heteroatoms. The number of hydrogen-bond donors (Lipinski definition) is 0. The van der Waals surface area contributed by atoms with Crippen LogP contribution in [0.15, 0.2) is 18.2 Å². The number of carbonyl (C=O) groups is 1. The number of hydrogen-bond acceptors (Lipinski definition) is 3. The van der Waals surface area contributed by atoms with Crippen LogP contribution in [0.5, 0.6) is 0 Å². The Hall–Kier alpha value is -0.770. The Labute approximate surface area is 118 Å². The summed E-state index contributed by atoms with van der Waals surface area (Å²) in [6, 6.07) is 5.45. The zero-order valence-electron chi connectivity index (χ0n) is 10.6. The van der Waals surface area contributed by atoms with Crippen LogP contribution in [0.3, 0.4) is 0 Å². The van der Waals surface area contributed by atoms with Crippen molar-refractivity contribution in [3.05, 3.63) is 33.8 Å². The molecule has 0 N–H and O–H groups in total. The first kappa shape index (κ1) is 15.3. The maximum atomic E-state index is 10.6. The zero-order valence-corrected chi connectivity index (χ0v) is 12.1. The maximum Gasteiger partial charge on any atom is 0.319 e. The van der Waals surface area contributed by atoms with Gasteiger partial charge in [-0.2, -0.15) is 0 Å². The van der Waals surface area contributed by atoms with E-state index in [-0.39, 0.29) is 5.97 Å². The number of nitrogens with zero attached hydrogens (tertiary/aromatic N) is 1. The highest BCUT2D eigenvalue weighted by Gasteiger charge is 2.16. The normalized spacial score (nSPS) is 14.2. The lowest BCUT2D eigenvalue weighted by Crippen LogP contribution is -2.41. The number of benzene rings is 1. The number of rotatable bonds is 2. The molecule has 1 aliphatic heterocycles. The molecule has 0 atom stereocenters. The molecule has 2 rings (SSSR count). The molecule has 0 radical (unpaired) electrons. The van der Waals surface area contributed by atoms with E-state index in [9.17, 15) is 4.79 Å². The summed E-state index contributed by atoms with van der Waals surface area (Å²) >= 11 is 11.4. The molecule has 0 aromatic heterocycles. The van der Waals surface area contributed by atoms with E-state index in [1.165, 1.54) is 13.5 Å². The number of likely N-dealkylation sites (tertiary alicyclic amines) is 1. The Morgan fingerprint density at radius 2 is 2.06 bits per heavy atom. The summed E-state index contributed by atoms with van der Waals surface area (Å²) in [5.41, 5.74) is 1.06. The molecule has 100 valence electrons. The van der Waals surface area contributed by atoms with Gasteiger partial charge in [-0.1, -0.05) is 29.3 Å². The van der Waals surface area contributed by atoms with Crippen LogP contribution in [0.25, 0.3) is 0 Å². The quantitative estimate of drug-likeness (QED) is 0.784. The van der Waals surface area contributed by atoms with Gasteiger partial charge in [0.25, 0.3) is 0 Å². The predicted molar refractivity (Wildman–Crippen MR) is 74.3 cm³/mol. The highest BCUT2D eigenvalue weighted by atomic mass is 35.5. The van der Waals surface area contributed by atoms with E-state index < -0.39 is 0 Å². The van der Waals surface area contributed by atoms with Crippen LogP contribution in [0.1, 0.15) is 12.0 Å². The fourth-order valence-electron chi connectivity index (χ4n) is 1.35. The monoisotopic (exact) mass is 289 g/mol. The number of aryl methyl sites for hydroxylation is 1. The third-order valence-electron chi connectivity index (χ3n) is 2.66. The maximum absolute atomic E-state index is 10.6. The van der Waals surface area contributed by atoms with Gasteiger partial charge in [-0.3, -0.25) is 9.69 Å². The van der Waals surface area contributed by atoms with Gasteiger partial charge < -0.3 is 4.74 Å². The molecule has 3 nitrogen and oxygen atoms in total. The minimum absolute atomic E-state index is 0.130. The van der Waals surface area contributed by atoms with Gasteiger partial charge in [0.1, 0.15) is 0 Å². The molecule has 0 aliphatic carbocycles. The Bertz CT molecular complexity index is 406.